The molecule has 160 valence electrons. The summed E-state index contributed by atoms with van der Waals surface area (Å²) in [7, 11) is 3.14. The van der Waals surface area contributed by atoms with Gasteiger partial charge in [-0.2, -0.15) is 0 Å². The zero-order chi connectivity index (χ0) is 21.3. The minimum atomic E-state index is -0.137. The van der Waals surface area contributed by atoms with E-state index in [1.54, 1.807) is 32.4 Å². The van der Waals surface area contributed by atoms with Crippen molar-refractivity contribution in [3.63, 3.8) is 0 Å². The third kappa shape index (κ3) is 5.12. The van der Waals surface area contributed by atoms with Gasteiger partial charge in [-0.3, -0.25) is 4.79 Å². The van der Waals surface area contributed by atoms with Crippen LogP contribution < -0.4 is 14.8 Å². The van der Waals surface area contributed by atoms with Gasteiger partial charge >= 0.3 is 0 Å². The Bertz CT molecular complexity index is 981. The van der Waals surface area contributed by atoms with Crippen LogP contribution in [0.15, 0.2) is 42.5 Å². The van der Waals surface area contributed by atoms with Crippen LogP contribution in [-0.2, 0) is 13.0 Å². The van der Waals surface area contributed by atoms with Crippen molar-refractivity contribution < 1.29 is 14.3 Å². The first-order valence-electron chi connectivity index (χ1n) is 10.6. The molecule has 0 aliphatic carbocycles. The van der Waals surface area contributed by atoms with Gasteiger partial charge < -0.3 is 19.4 Å². The maximum atomic E-state index is 12.6. The van der Waals surface area contributed by atoms with Crippen molar-refractivity contribution in [3.05, 3.63) is 53.9 Å². The fourth-order valence-corrected chi connectivity index (χ4v) is 3.63. The number of carbonyl (C=O) groups excluding carboxylic acids is 1. The van der Waals surface area contributed by atoms with Gasteiger partial charge in [-0.15, -0.1) is 0 Å². The average molecular weight is 410 g/mol. The number of fused-ring (bicyclic) bond motifs is 1. The number of amides is 1. The van der Waals surface area contributed by atoms with Gasteiger partial charge in [0.15, 0.2) is 11.5 Å². The van der Waals surface area contributed by atoms with Gasteiger partial charge in [-0.25, -0.2) is 4.98 Å². The van der Waals surface area contributed by atoms with Crippen molar-refractivity contribution in [3.8, 4) is 11.5 Å². The Kier molecular flexibility index (Phi) is 7.71. The normalized spacial score (nSPS) is 10.9. The smallest absolute Gasteiger partial charge is 0.251 e. The first kappa shape index (κ1) is 21.7. The van der Waals surface area contributed by atoms with E-state index in [9.17, 15) is 4.79 Å². The summed E-state index contributed by atoms with van der Waals surface area (Å²) >= 11 is 0. The number of rotatable bonds is 11. The Labute approximate surface area is 178 Å². The lowest BCUT2D eigenvalue weighted by Gasteiger charge is -2.11. The second kappa shape index (κ2) is 10.7. The van der Waals surface area contributed by atoms with E-state index in [0.717, 1.165) is 29.8 Å². The number of para-hydroxylation sites is 2. The van der Waals surface area contributed by atoms with E-state index in [-0.39, 0.29) is 5.91 Å². The topological polar surface area (TPSA) is 65.4 Å². The number of methoxy groups -OCH3 is 2. The zero-order valence-corrected chi connectivity index (χ0v) is 18.1. The highest BCUT2D eigenvalue weighted by Crippen LogP contribution is 2.27. The highest BCUT2D eigenvalue weighted by molar-refractivity contribution is 5.94. The summed E-state index contributed by atoms with van der Waals surface area (Å²) in [4.78, 5) is 17.4. The molecule has 30 heavy (non-hydrogen) atoms. The van der Waals surface area contributed by atoms with E-state index in [0.29, 0.717) is 30.0 Å². The molecule has 0 saturated heterocycles. The molecule has 1 aromatic heterocycles. The number of nitrogens with zero attached hydrogens (tertiary/aromatic N) is 2. The molecule has 1 heterocycles. The highest BCUT2D eigenvalue weighted by Gasteiger charge is 2.13. The minimum Gasteiger partial charge on any atom is -0.493 e. The van der Waals surface area contributed by atoms with Crippen molar-refractivity contribution in [2.45, 2.75) is 45.6 Å². The molecule has 0 saturated carbocycles. The summed E-state index contributed by atoms with van der Waals surface area (Å²) in [5.41, 5.74) is 2.71. The van der Waals surface area contributed by atoms with Crippen molar-refractivity contribution in [1.29, 1.82) is 0 Å². The van der Waals surface area contributed by atoms with E-state index in [2.05, 4.69) is 28.9 Å². The molecular formula is C24H31N3O3. The monoisotopic (exact) mass is 409 g/mol. The first-order chi connectivity index (χ1) is 14.7. The SMILES string of the molecule is CCCCCCn1c(CCNC(=O)c2ccc(OC)c(OC)c2)nc2ccccc21. The lowest BCUT2D eigenvalue weighted by Crippen LogP contribution is -2.26. The summed E-state index contributed by atoms with van der Waals surface area (Å²) in [6.07, 6.45) is 5.52. The quantitative estimate of drug-likeness (QED) is 0.470. The van der Waals surface area contributed by atoms with Crippen molar-refractivity contribution >= 4 is 16.9 Å². The van der Waals surface area contributed by atoms with Crippen LogP contribution in [0, 0.1) is 0 Å². The molecule has 0 radical (unpaired) electrons. The van der Waals surface area contributed by atoms with E-state index in [4.69, 9.17) is 14.5 Å². The number of ether oxygens (including phenoxy) is 2. The molecule has 2 aromatic carbocycles. The van der Waals surface area contributed by atoms with Crippen LogP contribution in [0.25, 0.3) is 11.0 Å². The largest absolute Gasteiger partial charge is 0.493 e. The minimum absolute atomic E-state index is 0.137. The van der Waals surface area contributed by atoms with Gasteiger partial charge in [0, 0.05) is 25.1 Å². The maximum absolute atomic E-state index is 12.6. The molecule has 0 unspecified atom stereocenters. The van der Waals surface area contributed by atoms with Crippen LogP contribution in [0.2, 0.25) is 0 Å². The second-order valence-corrected chi connectivity index (χ2v) is 7.30. The molecule has 6 heteroatoms. The second-order valence-electron chi connectivity index (χ2n) is 7.30. The molecule has 0 bridgehead atoms. The van der Waals surface area contributed by atoms with Crippen LogP contribution in [0.1, 0.15) is 48.8 Å². The molecule has 0 fully saturated rings. The molecule has 0 spiro atoms. The van der Waals surface area contributed by atoms with Crippen molar-refractivity contribution in [1.82, 2.24) is 14.9 Å². The van der Waals surface area contributed by atoms with E-state index >= 15 is 0 Å². The third-order valence-corrected chi connectivity index (χ3v) is 5.25. The number of benzene rings is 2. The van der Waals surface area contributed by atoms with Gasteiger partial charge in [0.2, 0.25) is 0 Å². The van der Waals surface area contributed by atoms with Crippen LogP contribution in [0.3, 0.4) is 0 Å². The third-order valence-electron chi connectivity index (χ3n) is 5.25. The van der Waals surface area contributed by atoms with E-state index < -0.39 is 0 Å². The molecule has 1 N–H and O–H groups in total. The summed E-state index contributed by atoms with van der Waals surface area (Å²) in [6.45, 7) is 3.70. The Balaban J connectivity index is 1.66. The molecule has 0 aliphatic heterocycles. The number of imidazole rings is 1. The molecule has 0 atom stereocenters. The standard InChI is InChI=1S/C24H31N3O3/c1-4-5-6-9-16-27-20-11-8-7-10-19(20)26-23(27)14-15-25-24(28)18-12-13-21(29-2)22(17-18)30-3/h7-8,10-13,17H,4-6,9,14-16H2,1-3H3,(H,25,28). The number of aryl methyl sites for hydroxylation is 1. The predicted octanol–water partition coefficient (Wildman–Crippen LogP) is 4.61. The summed E-state index contributed by atoms with van der Waals surface area (Å²) in [5.74, 6) is 2.02. The number of unbranched alkanes of at least 4 members (excludes halogenated alkanes) is 3. The number of hydrogen-bond donors (Lipinski definition) is 1. The predicted molar refractivity (Wildman–Crippen MR) is 119 cm³/mol. The van der Waals surface area contributed by atoms with E-state index in [1.807, 2.05) is 12.1 Å². The van der Waals surface area contributed by atoms with Gasteiger partial charge in [0.05, 0.1) is 25.3 Å². The number of carbonyl (C=O) groups is 1. The molecule has 3 rings (SSSR count). The number of aromatic nitrogens is 2. The number of nitrogens with one attached hydrogen (secondary N) is 1. The van der Waals surface area contributed by atoms with Gasteiger partial charge in [0.25, 0.3) is 5.91 Å². The van der Waals surface area contributed by atoms with Gasteiger partial charge in [0.1, 0.15) is 5.82 Å². The Morgan fingerprint density at radius 3 is 2.60 bits per heavy atom. The van der Waals surface area contributed by atoms with Crippen molar-refractivity contribution in [2.24, 2.45) is 0 Å². The molecule has 1 amide bonds. The number of hydrogen-bond acceptors (Lipinski definition) is 4. The van der Waals surface area contributed by atoms with Gasteiger partial charge in [-0.1, -0.05) is 38.3 Å². The fourth-order valence-electron chi connectivity index (χ4n) is 3.63. The maximum Gasteiger partial charge on any atom is 0.251 e. The Morgan fingerprint density at radius 2 is 1.83 bits per heavy atom. The molecule has 3 aromatic rings. The summed E-state index contributed by atoms with van der Waals surface area (Å²) in [5, 5.41) is 3.00. The van der Waals surface area contributed by atoms with Crippen molar-refractivity contribution in [2.75, 3.05) is 20.8 Å². The van der Waals surface area contributed by atoms with Crippen LogP contribution in [0.4, 0.5) is 0 Å². The van der Waals surface area contributed by atoms with E-state index in [1.165, 1.54) is 19.3 Å². The highest BCUT2D eigenvalue weighted by atomic mass is 16.5. The lowest BCUT2D eigenvalue weighted by atomic mass is 10.2. The fraction of sp³-hybridized carbons (Fsp3) is 0.417. The van der Waals surface area contributed by atoms with Crippen LogP contribution in [0.5, 0.6) is 11.5 Å². The summed E-state index contributed by atoms with van der Waals surface area (Å²) < 4.78 is 12.8. The zero-order valence-electron chi connectivity index (χ0n) is 18.1. The van der Waals surface area contributed by atoms with Gasteiger partial charge in [-0.05, 0) is 36.8 Å². The molecular weight excluding hydrogens is 378 g/mol. The first-order valence-corrected chi connectivity index (χ1v) is 10.6. The molecule has 6 nitrogen and oxygen atoms in total. The average Bonchev–Trinajstić information content (AvgIpc) is 3.13. The summed E-state index contributed by atoms with van der Waals surface area (Å²) in [6, 6.07) is 13.4. The lowest BCUT2D eigenvalue weighted by molar-refractivity contribution is 0.0953. The van der Waals surface area contributed by atoms with Crippen LogP contribution >= 0.6 is 0 Å². The Morgan fingerprint density at radius 1 is 1.03 bits per heavy atom. The van der Waals surface area contributed by atoms with Crippen LogP contribution in [-0.4, -0.2) is 36.2 Å². The molecule has 0 aliphatic rings. The Hall–Kier alpha value is -3.02.